The standard InChI is InChI=1S/C14H15N3S/c1-2-10-3-5-11(6-4-10)9-17-14-7-12(16)13(8-15)18-14/h3-7,17H,2,9,16H2,1H3. The zero-order chi connectivity index (χ0) is 13.0. The van der Waals surface area contributed by atoms with E-state index in [2.05, 4.69) is 42.6 Å². The van der Waals surface area contributed by atoms with Gasteiger partial charge in [0.1, 0.15) is 10.9 Å². The molecular formula is C14H15N3S. The van der Waals surface area contributed by atoms with Crippen molar-refractivity contribution in [3.63, 3.8) is 0 Å². The predicted molar refractivity (Wildman–Crippen MR) is 76.6 cm³/mol. The summed E-state index contributed by atoms with van der Waals surface area (Å²) in [5.74, 6) is 0. The van der Waals surface area contributed by atoms with Gasteiger partial charge in [-0.3, -0.25) is 0 Å². The third-order valence-electron chi connectivity index (χ3n) is 2.76. The molecule has 0 amide bonds. The molecule has 18 heavy (non-hydrogen) atoms. The summed E-state index contributed by atoms with van der Waals surface area (Å²) >= 11 is 1.39. The topological polar surface area (TPSA) is 61.8 Å². The minimum atomic E-state index is 0.548. The third kappa shape index (κ3) is 2.82. The highest BCUT2D eigenvalue weighted by Crippen LogP contribution is 2.28. The minimum absolute atomic E-state index is 0.548. The van der Waals surface area contributed by atoms with Crippen LogP contribution in [0.25, 0.3) is 0 Å². The summed E-state index contributed by atoms with van der Waals surface area (Å²) in [4.78, 5) is 0.568. The second kappa shape index (κ2) is 5.56. The van der Waals surface area contributed by atoms with Crippen LogP contribution < -0.4 is 11.1 Å². The van der Waals surface area contributed by atoms with Crippen LogP contribution in [0.2, 0.25) is 0 Å². The Morgan fingerprint density at radius 3 is 2.50 bits per heavy atom. The molecule has 0 unspecified atom stereocenters. The number of anilines is 2. The van der Waals surface area contributed by atoms with Crippen LogP contribution in [0.4, 0.5) is 10.7 Å². The average Bonchev–Trinajstić information content (AvgIpc) is 2.77. The molecule has 0 atom stereocenters. The molecule has 2 aromatic rings. The Morgan fingerprint density at radius 2 is 1.94 bits per heavy atom. The molecular weight excluding hydrogens is 242 g/mol. The second-order valence-electron chi connectivity index (χ2n) is 4.03. The highest BCUT2D eigenvalue weighted by Gasteiger charge is 2.04. The van der Waals surface area contributed by atoms with E-state index in [9.17, 15) is 0 Å². The van der Waals surface area contributed by atoms with Crippen molar-refractivity contribution >= 4 is 22.0 Å². The van der Waals surface area contributed by atoms with Gasteiger partial charge in [-0.1, -0.05) is 31.2 Å². The number of nitrogens with zero attached hydrogens (tertiary/aromatic N) is 1. The van der Waals surface area contributed by atoms with Gasteiger partial charge in [0.05, 0.1) is 10.7 Å². The number of aryl methyl sites for hydroxylation is 1. The number of nitrogens with one attached hydrogen (secondary N) is 1. The van der Waals surface area contributed by atoms with Gasteiger partial charge in [0, 0.05) is 6.54 Å². The van der Waals surface area contributed by atoms with Gasteiger partial charge in [-0.05, 0) is 23.6 Å². The molecule has 1 heterocycles. The first-order chi connectivity index (χ1) is 8.72. The predicted octanol–water partition coefficient (Wildman–Crippen LogP) is 3.38. The minimum Gasteiger partial charge on any atom is -0.397 e. The molecule has 92 valence electrons. The monoisotopic (exact) mass is 257 g/mol. The van der Waals surface area contributed by atoms with E-state index in [1.807, 2.05) is 6.07 Å². The van der Waals surface area contributed by atoms with Crippen molar-refractivity contribution in [1.82, 2.24) is 0 Å². The van der Waals surface area contributed by atoms with E-state index in [1.165, 1.54) is 22.5 Å². The van der Waals surface area contributed by atoms with E-state index < -0.39 is 0 Å². The first-order valence-electron chi connectivity index (χ1n) is 5.84. The molecule has 1 aromatic carbocycles. The molecule has 0 saturated carbocycles. The zero-order valence-electron chi connectivity index (χ0n) is 10.2. The molecule has 0 spiro atoms. The van der Waals surface area contributed by atoms with Crippen molar-refractivity contribution in [2.75, 3.05) is 11.1 Å². The number of nitriles is 1. The van der Waals surface area contributed by atoms with Gasteiger partial charge in [0.2, 0.25) is 0 Å². The largest absolute Gasteiger partial charge is 0.397 e. The summed E-state index contributed by atoms with van der Waals surface area (Å²) < 4.78 is 0. The van der Waals surface area contributed by atoms with Crippen LogP contribution in [-0.2, 0) is 13.0 Å². The summed E-state index contributed by atoms with van der Waals surface area (Å²) in [5, 5.41) is 13.0. The maximum atomic E-state index is 8.83. The van der Waals surface area contributed by atoms with Crippen molar-refractivity contribution in [3.05, 3.63) is 46.3 Å². The summed E-state index contributed by atoms with van der Waals surface area (Å²) in [6, 6.07) is 12.4. The van der Waals surface area contributed by atoms with Crippen LogP contribution >= 0.6 is 11.3 Å². The lowest BCUT2D eigenvalue weighted by molar-refractivity contribution is 1.11. The SMILES string of the molecule is CCc1ccc(CNc2cc(N)c(C#N)s2)cc1. The van der Waals surface area contributed by atoms with Crippen LogP contribution in [-0.4, -0.2) is 0 Å². The first-order valence-corrected chi connectivity index (χ1v) is 6.65. The zero-order valence-corrected chi connectivity index (χ0v) is 11.1. The normalized spacial score (nSPS) is 10.0. The number of hydrogen-bond donors (Lipinski definition) is 2. The van der Waals surface area contributed by atoms with Crippen LogP contribution in [0, 0.1) is 11.3 Å². The molecule has 2 rings (SSSR count). The smallest absolute Gasteiger partial charge is 0.129 e. The van der Waals surface area contributed by atoms with E-state index >= 15 is 0 Å². The number of rotatable bonds is 4. The molecule has 0 aliphatic rings. The lowest BCUT2D eigenvalue weighted by Gasteiger charge is -2.04. The number of thiophene rings is 1. The van der Waals surface area contributed by atoms with Crippen molar-refractivity contribution in [2.24, 2.45) is 0 Å². The Labute approximate surface area is 111 Å². The molecule has 0 aliphatic heterocycles. The van der Waals surface area contributed by atoms with Crippen LogP contribution in [0.3, 0.4) is 0 Å². The molecule has 0 fully saturated rings. The summed E-state index contributed by atoms with van der Waals surface area (Å²) in [5.41, 5.74) is 8.81. The number of nitrogen functional groups attached to an aromatic ring is 1. The summed E-state index contributed by atoms with van der Waals surface area (Å²) in [7, 11) is 0. The van der Waals surface area contributed by atoms with Gasteiger partial charge in [-0.25, -0.2) is 0 Å². The molecule has 0 bridgehead atoms. The molecule has 0 saturated heterocycles. The molecule has 3 nitrogen and oxygen atoms in total. The summed E-state index contributed by atoms with van der Waals surface area (Å²) in [6.07, 6.45) is 1.06. The van der Waals surface area contributed by atoms with Gasteiger partial charge in [0.25, 0.3) is 0 Å². The molecule has 0 aliphatic carbocycles. The van der Waals surface area contributed by atoms with E-state index in [4.69, 9.17) is 11.0 Å². The van der Waals surface area contributed by atoms with Gasteiger partial charge < -0.3 is 11.1 Å². The van der Waals surface area contributed by atoms with E-state index in [0.717, 1.165) is 18.0 Å². The quantitative estimate of drug-likeness (QED) is 0.882. The lowest BCUT2D eigenvalue weighted by atomic mass is 10.1. The maximum absolute atomic E-state index is 8.83. The van der Waals surface area contributed by atoms with Crippen molar-refractivity contribution in [1.29, 1.82) is 5.26 Å². The Hall–Kier alpha value is -1.99. The van der Waals surface area contributed by atoms with Crippen LogP contribution in [0.5, 0.6) is 0 Å². The lowest BCUT2D eigenvalue weighted by Crippen LogP contribution is -1.97. The van der Waals surface area contributed by atoms with E-state index in [-0.39, 0.29) is 0 Å². The fourth-order valence-electron chi connectivity index (χ4n) is 1.66. The molecule has 3 N–H and O–H groups in total. The number of benzene rings is 1. The Kier molecular flexibility index (Phi) is 3.85. The van der Waals surface area contributed by atoms with Gasteiger partial charge in [0.15, 0.2) is 0 Å². The third-order valence-corrected chi connectivity index (χ3v) is 3.77. The maximum Gasteiger partial charge on any atom is 0.129 e. The van der Waals surface area contributed by atoms with E-state index in [1.54, 1.807) is 0 Å². The van der Waals surface area contributed by atoms with Crippen LogP contribution in [0.15, 0.2) is 30.3 Å². The molecule has 1 aromatic heterocycles. The first kappa shape index (κ1) is 12.5. The van der Waals surface area contributed by atoms with Gasteiger partial charge in [-0.15, -0.1) is 11.3 Å². The van der Waals surface area contributed by atoms with Crippen molar-refractivity contribution in [3.8, 4) is 6.07 Å². The number of nitrogens with two attached hydrogens (primary N) is 1. The Balaban J connectivity index is 2.00. The van der Waals surface area contributed by atoms with Gasteiger partial charge in [-0.2, -0.15) is 5.26 Å². The Morgan fingerprint density at radius 1 is 1.28 bits per heavy atom. The fraction of sp³-hybridized carbons (Fsp3) is 0.214. The average molecular weight is 257 g/mol. The Bertz CT molecular complexity index is 564. The molecule has 0 radical (unpaired) electrons. The second-order valence-corrected chi connectivity index (χ2v) is 5.08. The van der Waals surface area contributed by atoms with Crippen molar-refractivity contribution in [2.45, 2.75) is 19.9 Å². The highest BCUT2D eigenvalue weighted by atomic mass is 32.1. The number of hydrogen-bond acceptors (Lipinski definition) is 4. The fourth-order valence-corrected chi connectivity index (χ4v) is 2.43. The highest BCUT2D eigenvalue weighted by molar-refractivity contribution is 7.17. The summed E-state index contributed by atoms with van der Waals surface area (Å²) in [6.45, 7) is 2.89. The molecule has 4 heteroatoms. The van der Waals surface area contributed by atoms with Gasteiger partial charge >= 0.3 is 0 Å². The van der Waals surface area contributed by atoms with Crippen molar-refractivity contribution < 1.29 is 0 Å². The van der Waals surface area contributed by atoms with E-state index in [0.29, 0.717) is 10.6 Å². The van der Waals surface area contributed by atoms with Crippen LogP contribution in [0.1, 0.15) is 22.9 Å².